The van der Waals surface area contributed by atoms with Gasteiger partial charge in [0.2, 0.25) is 5.91 Å². The number of para-hydroxylation sites is 1. The number of benzene rings is 1. The summed E-state index contributed by atoms with van der Waals surface area (Å²) in [5, 5.41) is 3.77. The topological polar surface area (TPSA) is 55.1 Å². The van der Waals surface area contributed by atoms with E-state index in [1.165, 1.54) is 0 Å². The highest BCUT2D eigenvalue weighted by Crippen LogP contribution is 2.26. The van der Waals surface area contributed by atoms with Crippen molar-refractivity contribution in [3.8, 4) is 0 Å². The van der Waals surface area contributed by atoms with Crippen molar-refractivity contribution in [2.24, 2.45) is 5.73 Å². The second-order valence-electron chi connectivity index (χ2n) is 4.76. The summed E-state index contributed by atoms with van der Waals surface area (Å²) in [5.41, 5.74) is 5.50. The Kier molecular flexibility index (Phi) is 5.48. The summed E-state index contributed by atoms with van der Waals surface area (Å²) in [6, 6.07) is 7.37. The Morgan fingerprint density at radius 2 is 2.06 bits per heavy atom. The Labute approximate surface area is 114 Å². The maximum Gasteiger partial charge on any atom is 0.242 e. The van der Waals surface area contributed by atoms with E-state index in [4.69, 9.17) is 17.3 Å². The molecule has 0 heterocycles. The van der Waals surface area contributed by atoms with Crippen LogP contribution in [0, 0.1) is 0 Å². The van der Waals surface area contributed by atoms with E-state index in [-0.39, 0.29) is 5.91 Å². The predicted molar refractivity (Wildman–Crippen MR) is 76.8 cm³/mol. The number of nitrogens with one attached hydrogen (secondary N) is 1. The molecule has 1 amide bonds. The highest BCUT2D eigenvalue weighted by Gasteiger charge is 2.30. The second-order valence-corrected chi connectivity index (χ2v) is 5.17. The zero-order chi connectivity index (χ0) is 13.6. The van der Waals surface area contributed by atoms with Crippen molar-refractivity contribution in [3.05, 3.63) is 29.3 Å². The average molecular weight is 269 g/mol. The molecule has 0 bridgehead atoms. The van der Waals surface area contributed by atoms with Crippen molar-refractivity contribution in [2.45, 2.75) is 45.1 Å². The van der Waals surface area contributed by atoms with Crippen LogP contribution in [-0.2, 0) is 4.79 Å². The van der Waals surface area contributed by atoms with Crippen LogP contribution in [0.25, 0.3) is 0 Å². The minimum absolute atomic E-state index is 0.349. The second kappa shape index (κ2) is 6.64. The summed E-state index contributed by atoms with van der Waals surface area (Å²) in [4.78, 5) is 11.6. The number of amides is 1. The molecule has 0 radical (unpaired) electrons. The summed E-state index contributed by atoms with van der Waals surface area (Å²) in [6.45, 7) is 3.96. The average Bonchev–Trinajstić information content (AvgIpc) is 2.32. The van der Waals surface area contributed by atoms with Crippen LogP contribution in [0.15, 0.2) is 24.3 Å². The Bertz CT molecular complexity index is 409. The fraction of sp³-hybridized carbons (Fsp3) is 0.500. The summed E-state index contributed by atoms with van der Waals surface area (Å²) in [6.07, 6.45) is 3.88. The van der Waals surface area contributed by atoms with Crippen LogP contribution in [0.2, 0.25) is 5.02 Å². The highest BCUT2D eigenvalue weighted by molar-refractivity contribution is 6.33. The Hall–Kier alpha value is -1.22. The van der Waals surface area contributed by atoms with Gasteiger partial charge in [0.1, 0.15) is 5.54 Å². The van der Waals surface area contributed by atoms with E-state index >= 15 is 0 Å². The Balaban J connectivity index is 2.79. The van der Waals surface area contributed by atoms with E-state index in [2.05, 4.69) is 12.2 Å². The highest BCUT2D eigenvalue weighted by atomic mass is 35.5. The third kappa shape index (κ3) is 3.91. The first-order valence-electron chi connectivity index (χ1n) is 6.32. The van der Waals surface area contributed by atoms with Crippen LogP contribution >= 0.6 is 11.6 Å². The molecule has 100 valence electrons. The third-order valence-corrected chi connectivity index (χ3v) is 3.44. The molecule has 0 saturated heterocycles. The molecule has 4 heteroatoms. The van der Waals surface area contributed by atoms with Crippen LogP contribution in [0.5, 0.6) is 0 Å². The standard InChI is InChI=1S/C14H21ClN2O/c1-3-4-7-10-14(2,13(16)18)17-12-9-6-5-8-11(12)15/h5-6,8-9,17H,3-4,7,10H2,1-2H3,(H2,16,18). The van der Waals surface area contributed by atoms with E-state index in [0.29, 0.717) is 11.4 Å². The van der Waals surface area contributed by atoms with Crippen molar-refractivity contribution >= 4 is 23.2 Å². The lowest BCUT2D eigenvalue weighted by Gasteiger charge is -2.29. The van der Waals surface area contributed by atoms with Crippen molar-refractivity contribution in [2.75, 3.05) is 5.32 Å². The Morgan fingerprint density at radius 3 is 2.61 bits per heavy atom. The molecule has 1 unspecified atom stereocenters. The number of carbonyl (C=O) groups excluding carboxylic acids is 1. The van der Waals surface area contributed by atoms with Gasteiger partial charge < -0.3 is 11.1 Å². The Morgan fingerprint density at radius 1 is 1.39 bits per heavy atom. The van der Waals surface area contributed by atoms with Crippen molar-refractivity contribution in [1.29, 1.82) is 0 Å². The summed E-state index contributed by atoms with van der Waals surface area (Å²) in [7, 11) is 0. The number of hydrogen-bond acceptors (Lipinski definition) is 2. The normalized spacial score (nSPS) is 13.9. The van der Waals surface area contributed by atoms with Crippen LogP contribution < -0.4 is 11.1 Å². The van der Waals surface area contributed by atoms with Gasteiger partial charge in [0.25, 0.3) is 0 Å². The molecule has 0 spiro atoms. The van der Waals surface area contributed by atoms with Gasteiger partial charge in [-0.3, -0.25) is 4.79 Å². The van der Waals surface area contributed by atoms with E-state index in [1.807, 2.05) is 25.1 Å². The van der Waals surface area contributed by atoms with Gasteiger partial charge in [-0.05, 0) is 25.5 Å². The van der Waals surface area contributed by atoms with Gasteiger partial charge in [-0.25, -0.2) is 0 Å². The van der Waals surface area contributed by atoms with Gasteiger partial charge in [0, 0.05) is 0 Å². The lowest BCUT2D eigenvalue weighted by Crippen LogP contribution is -2.47. The van der Waals surface area contributed by atoms with Crippen molar-refractivity contribution < 1.29 is 4.79 Å². The zero-order valence-corrected chi connectivity index (χ0v) is 11.8. The molecule has 1 rings (SSSR count). The van der Waals surface area contributed by atoms with E-state index in [1.54, 1.807) is 6.07 Å². The largest absolute Gasteiger partial charge is 0.370 e. The molecular weight excluding hydrogens is 248 g/mol. The SMILES string of the molecule is CCCCCC(C)(Nc1ccccc1Cl)C(N)=O. The number of primary amides is 1. The van der Waals surface area contributed by atoms with E-state index < -0.39 is 5.54 Å². The maximum absolute atomic E-state index is 11.6. The summed E-state index contributed by atoms with van der Waals surface area (Å²) in [5.74, 6) is -0.349. The summed E-state index contributed by atoms with van der Waals surface area (Å²) >= 11 is 6.08. The minimum atomic E-state index is -0.750. The fourth-order valence-electron chi connectivity index (χ4n) is 1.84. The van der Waals surface area contributed by atoms with Gasteiger partial charge >= 0.3 is 0 Å². The summed E-state index contributed by atoms with van der Waals surface area (Å²) < 4.78 is 0. The monoisotopic (exact) mass is 268 g/mol. The van der Waals surface area contributed by atoms with Crippen molar-refractivity contribution in [1.82, 2.24) is 0 Å². The first-order chi connectivity index (χ1) is 8.49. The molecule has 3 N–H and O–H groups in total. The molecule has 0 aliphatic rings. The molecule has 1 aromatic carbocycles. The molecule has 0 aliphatic heterocycles. The van der Waals surface area contributed by atoms with Gasteiger partial charge in [0.05, 0.1) is 10.7 Å². The number of anilines is 1. The number of rotatable bonds is 7. The zero-order valence-electron chi connectivity index (χ0n) is 11.0. The molecular formula is C14H21ClN2O. The molecule has 1 aromatic rings. The lowest BCUT2D eigenvalue weighted by molar-refractivity contribution is -0.122. The van der Waals surface area contributed by atoms with E-state index in [0.717, 1.165) is 24.9 Å². The fourth-order valence-corrected chi connectivity index (χ4v) is 2.02. The van der Waals surface area contributed by atoms with Gasteiger partial charge in [0.15, 0.2) is 0 Å². The van der Waals surface area contributed by atoms with Crippen molar-refractivity contribution in [3.63, 3.8) is 0 Å². The molecule has 0 saturated carbocycles. The van der Waals surface area contributed by atoms with Gasteiger partial charge in [-0.1, -0.05) is 49.9 Å². The number of unbranched alkanes of at least 4 members (excludes halogenated alkanes) is 2. The minimum Gasteiger partial charge on any atom is -0.370 e. The van der Waals surface area contributed by atoms with Crippen LogP contribution in [-0.4, -0.2) is 11.4 Å². The first kappa shape index (κ1) is 14.8. The quantitative estimate of drug-likeness (QED) is 0.743. The van der Waals surface area contributed by atoms with E-state index in [9.17, 15) is 4.79 Å². The predicted octanol–water partition coefficient (Wildman–Crippen LogP) is 3.58. The number of nitrogens with two attached hydrogens (primary N) is 1. The molecule has 1 atom stereocenters. The smallest absolute Gasteiger partial charge is 0.242 e. The van der Waals surface area contributed by atoms with Gasteiger partial charge in [-0.2, -0.15) is 0 Å². The molecule has 0 fully saturated rings. The molecule has 0 aliphatic carbocycles. The third-order valence-electron chi connectivity index (χ3n) is 3.11. The number of halogens is 1. The van der Waals surface area contributed by atoms with Crippen LogP contribution in [0.1, 0.15) is 39.5 Å². The molecule has 0 aromatic heterocycles. The molecule has 3 nitrogen and oxygen atoms in total. The lowest BCUT2D eigenvalue weighted by atomic mass is 9.93. The van der Waals surface area contributed by atoms with Crippen LogP contribution in [0.4, 0.5) is 5.69 Å². The number of carbonyl (C=O) groups is 1. The number of hydrogen-bond donors (Lipinski definition) is 2. The van der Waals surface area contributed by atoms with Crippen LogP contribution in [0.3, 0.4) is 0 Å². The first-order valence-corrected chi connectivity index (χ1v) is 6.70. The molecule has 18 heavy (non-hydrogen) atoms. The van der Waals surface area contributed by atoms with Gasteiger partial charge in [-0.15, -0.1) is 0 Å². The maximum atomic E-state index is 11.6.